The third kappa shape index (κ3) is 12.7. The van der Waals surface area contributed by atoms with E-state index in [0.29, 0.717) is 25.7 Å². The molecule has 176 valence electrons. The lowest BCUT2D eigenvalue weighted by Crippen LogP contribution is -2.54. The van der Waals surface area contributed by atoms with Crippen LogP contribution in [-0.2, 0) is 11.3 Å². The summed E-state index contributed by atoms with van der Waals surface area (Å²) in [5.74, 6) is 1.53. The Bertz CT molecular complexity index is 694. The minimum atomic E-state index is -0.530. The van der Waals surface area contributed by atoms with E-state index < -0.39 is 17.2 Å². The number of benzene rings is 1. The molecule has 8 nitrogen and oxygen atoms in total. The van der Waals surface area contributed by atoms with Crippen LogP contribution in [0.5, 0.6) is 5.75 Å². The second-order valence-electron chi connectivity index (χ2n) is 9.44. The van der Waals surface area contributed by atoms with Crippen molar-refractivity contribution < 1.29 is 14.3 Å². The van der Waals surface area contributed by atoms with Crippen LogP contribution in [0.4, 0.5) is 4.79 Å². The molecule has 0 bridgehead atoms. The Labute approximate surface area is 187 Å². The summed E-state index contributed by atoms with van der Waals surface area (Å²) in [6.45, 7) is 12.2. The quantitative estimate of drug-likeness (QED) is 0.298. The van der Waals surface area contributed by atoms with Gasteiger partial charge in [0.15, 0.2) is 5.96 Å². The first-order valence-corrected chi connectivity index (χ1v) is 10.7. The maximum absolute atomic E-state index is 12.0. The van der Waals surface area contributed by atoms with Crippen LogP contribution >= 0.6 is 0 Å². The van der Waals surface area contributed by atoms with E-state index in [0.717, 1.165) is 24.3 Å². The highest BCUT2D eigenvalue weighted by Gasteiger charge is 2.24. The van der Waals surface area contributed by atoms with Crippen molar-refractivity contribution in [1.29, 1.82) is 0 Å². The Balaban J connectivity index is 2.42. The summed E-state index contributed by atoms with van der Waals surface area (Å²) in [5.41, 5.74) is 0.0819. The van der Waals surface area contributed by atoms with E-state index in [9.17, 15) is 4.79 Å². The Hall–Kier alpha value is -2.48. The summed E-state index contributed by atoms with van der Waals surface area (Å²) in [4.78, 5) is 18.4. The SMILES string of the molecule is CN=C(NCc1ccc(OCCCN(C)C)cc1)NCC(C)(C)NC(=O)OC(C)(C)C. The average Bonchev–Trinajstić information content (AvgIpc) is 2.64. The van der Waals surface area contributed by atoms with Gasteiger partial charge < -0.3 is 30.3 Å². The van der Waals surface area contributed by atoms with E-state index in [1.165, 1.54) is 0 Å². The Morgan fingerprint density at radius 3 is 2.26 bits per heavy atom. The summed E-state index contributed by atoms with van der Waals surface area (Å²) >= 11 is 0. The number of amides is 1. The minimum absolute atomic E-state index is 0.439. The Kier molecular flexibility index (Phi) is 10.6. The van der Waals surface area contributed by atoms with E-state index in [-0.39, 0.29) is 0 Å². The standard InChI is InChI=1S/C23H41N5O3/c1-22(2,3)31-21(29)27-23(4,5)17-26-20(24-6)25-16-18-10-12-19(13-11-18)30-15-9-14-28(7)8/h10-13H,9,14-17H2,1-8H3,(H,27,29)(H2,24,25,26). The summed E-state index contributed by atoms with van der Waals surface area (Å²) in [7, 11) is 5.83. The van der Waals surface area contributed by atoms with Crippen LogP contribution in [0.3, 0.4) is 0 Å². The number of ether oxygens (including phenoxy) is 2. The number of hydrogen-bond donors (Lipinski definition) is 3. The van der Waals surface area contributed by atoms with E-state index in [1.807, 2.05) is 58.9 Å². The number of alkyl carbamates (subject to hydrolysis) is 1. The zero-order valence-electron chi connectivity index (χ0n) is 20.5. The normalized spacial score (nSPS) is 12.5. The Morgan fingerprint density at radius 2 is 1.71 bits per heavy atom. The van der Waals surface area contributed by atoms with Crippen molar-refractivity contribution in [3.63, 3.8) is 0 Å². The van der Waals surface area contributed by atoms with Crippen LogP contribution in [0.1, 0.15) is 46.6 Å². The Morgan fingerprint density at radius 1 is 1.06 bits per heavy atom. The molecule has 1 amide bonds. The largest absolute Gasteiger partial charge is 0.494 e. The van der Waals surface area contributed by atoms with Gasteiger partial charge in [0.2, 0.25) is 0 Å². The molecular formula is C23H41N5O3. The molecule has 0 heterocycles. The zero-order valence-corrected chi connectivity index (χ0v) is 20.5. The molecule has 3 N–H and O–H groups in total. The van der Waals surface area contributed by atoms with Crippen LogP contribution in [0.25, 0.3) is 0 Å². The topological polar surface area (TPSA) is 87.2 Å². The first-order valence-electron chi connectivity index (χ1n) is 10.7. The number of carbonyl (C=O) groups excluding carboxylic acids is 1. The van der Waals surface area contributed by atoms with Crippen LogP contribution in [0.15, 0.2) is 29.3 Å². The van der Waals surface area contributed by atoms with Gasteiger partial charge in [0.25, 0.3) is 0 Å². The van der Waals surface area contributed by atoms with Crippen LogP contribution in [-0.4, -0.2) is 68.9 Å². The molecule has 0 spiro atoms. The van der Waals surface area contributed by atoms with Crippen LogP contribution < -0.4 is 20.7 Å². The fourth-order valence-corrected chi connectivity index (χ4v) is 2.61. The van der Waals surface area contributed by atoms with Crippen molar-refractivity contribution in [2.75, 3.05) is 40.8 Å². The highest BCUT2D eigenvalue weighted by Crippen LogP contribution is 2.12. The maximum atomic E-state index is 12.0. The third-order valence-corrected chi connectivity index (χ3v) is 4.16. The molecule has 8 heteroatoms. The molecule has 0 aliphatic heterocycles. The smallest absolute Gasteiger partial charge is 0.408 e. The van der Waals surface area contributed by atoms with Crippen molar-refractivity contribution in [2.24, 2.45) is 4.99 Å². The zero-order chi connectivity index (χ0) is 23.5. The average molecular weight is 436 g/mol. The van der Waals surface area contributed by atoms with Gasteiger partial charge >= 0.3 is 6.09 Å². The first kappa shape index (κ1) is 26.6. The number of nitrogens with zero attached hydrogens (tertiary/aromatic N) is 2. The van der Waals surface area contributed by atoms with Crippen LogP contribution in [0.2, 0.25) is 0 Å². The number of aliphatic imine (C=N–C) groups is 1. The second-order valence-corrected chi connectivity index (χ2v) is 9.44. The van der Waals surface area contributed by atoms with E-state index in [2.05, 4.69) is 39.9 Å². The molecule has 0 radical (unpaired) electrons. The lowest BCUT2D eigenvalue weighted by molar-refractivity contribution is 0.0474. The third-order valence-electron chi connectivity index (χ3n) is 4.16. The van der Waals surface area contributed by atoms with Crippen molar-refractivity contribution in [2.45, 2.75) is 58.7 Å². The number of nitrogens with one attached hydrogen (secondary N) is 3. The monoisotopic (exact) mass is 435 g/mol. The first-order chi connectivity index (χ1) is 14.4. The molecule has 0 fully saturated rings. The molecule has 1 rings (SSSR count). The van der Waals surface area contributed by atoms with E-state index >= 15 is 0 Å². The van der Waals surface area contributed by atoms with Crippen LogP contribution in [0, 0.1) is 0 Å². The van der Waals surface area contributed by atoms with Gasteiger partial charge in [-0.2, -0.15) is 0 Å². The molecule has 0 atom stereocenters. The van der Waals surface area contributed by atoms with E-state index in [1.54, 1.807) is 7.05 Å². The molecule has 0 aromatic heterocycles. The summed E-state index contributed by atoms with van der Waals surface area (Å²) in [6.07, 6.45) is 0.559. The maximum Gasteiger partial charge on any atom is 0.408 e. The molecule has 0 saturated carbocycles. The van der Waals surface area contributed by atoms with Crippen molar-refractivity contribution in [3.8, 4) is 5.75 Å². The van der Waals surface area contributed by atoms with Crippen molar-refractivity contribution in [1.82, 2.24) is 20.9 Å². The number of guanidine groups is 1. The molecule has 31 heavy (non-hydrogen) atoms. The predicted molar refractivity (Wildman–Crippen MR) is 127 cm³/mol. The fraction of sp³-hybridized carbons (Fsp3) is 0.652. The van der Waals surface area contributed by atoms with Gasteiger partial charge in [0.1, 0.15) is 11.4 Å². The molecule has 0 aliphatic rings. The van der Waals surface area contributed by atoms with Gasteiger partial charge in [0.05, 0.1) is 12.1 Å². The molecular weight excluding hydrogens is 394 g/mol. The molecule has 0 unspecified atom stereocenters. The highest BCUT2D eigenvalue weighted by molar-refractivity contribution is 5.79. The fourth-order valence-electron chi connectivity index (χ4n) is 2.61. The van der Waals surface area contributed by atoms with E-state index in [4.69, 9.17) is 9.47 Å². The summed E-state index contributed by atoms with van der Waals surface area (Å²) in [6, 6.07) is 8.04. The van der Waals surface area contributed by atoms with Crippen molar-refractivity contribution >= 4 is 12.1 Å². The molecule has 1 aromatic carbocycles. The van der Waals surface area contributed by atoms with Gasteiger partial charge in [-0.1, -0.05) is 12.1 Å². The lowest BCUT2D eigenvalue weighted by atomic mass is 10.1. The van der Waals surface area contributed by atoms with Crippen molar-refractivity contribution in [3.05, 3.63) is 29.8 Å². The van der Waals surface area contributed by atoms with Gasteiger partial charge in [-0.15, -0.1) is 0 Å². The van der Waals surface area contributed by atoms with Gasteiger partial charge in [-0.3, -0.25) is 4.99 Å². The lowest BCUT2D eigenvalue weighted by Gasteiger charge is -2.29. The number of hydrogen-bond acceptors (Lipinski definition) is 5. The second kappa shape index (κ2) is 12.4. The number of rotatable bonds is 10. The molecule has 1 aromatic rings. The molecule has 0 saturated heterocycles. The summed E-state index contributed by atoms with van der Waals surface area (Å²) < 4.78 is 11.1. The summed E-state index contributed by atoms with van der Waals surface area (Å²) in [5, 5.41) is 9.40. The molecule has 0 aliphatic carbocycles. The number of carbonyl (C=O) groups is 1. The van der Waals surface area contributed by atoms with Gasteiger partial charge in [-0.25, -0.2) is 4.79 Å². The van der Waals surface area contributed by atoms with Gasteiger partial charge in [0, 0.05) is 26.7 Å². The van der Waals surface area contributed by atoms with Gasteiger partial charge in [-0.05, 0) is 72.8 Å². The predicted octanol–water partition coefficient (Wildman–Crippen LogP) is 2.99. The minimum Gasteiger partial charge on any atom is -0.494 e. The highest BCUT2D eigenvalue weighted by atomic mass is 16.6.